The van der Waals surface area contributed by atoms with Crippen LogP contribution in [0.4, 0.5) is 0 Å². The molecule has 0 bridgehead atoms. The minimum absolute atomic E-state index is 0.0607. The quantitative estimate of drug-likeness (QED) is 0.733. The van der Waals surface area contributed by atoms with Crippen LogP contribution in [-0.2, 0) is 14.9 Å². The highest BCUT2D eigenvalue weighted by Crippen LogP contribution is 2.57. The van der Waals surface area contributed by atoms with Gasteiger partial charge in [0.2, 0.25) is 0 Å². The molecule has 0 aromatic carbocycles. The summed E-state index contributed by atoms with van der Waals surface area (Å²) in [7, 11) is 0.183. The first-order chi connectivity index (χ1) is 11.4. The van der Waals surface area contributed by atoms with Crippen LogP contribution in [0.1, 0.15) is 71.1 Å². The van der Waals surface area contributed by atoms with Gasteiger partial charge >= 0.3 is 0 Å². The Kier molecular flexibility index (Phi) is 5.60. The lowest BCUT2D eigenvalue weighted by Crippen LogP contribution is -2.65. The fraction of sp³-hybridized carbons (Fsp3) is 1.00. The zero-order valence-electron chi connectivity index (χ0n) is 15.5. The minimum atomic E-state index is -3.39. The van der Waals surface area contributed by atoms with Gasteiger partial charge in [-0.05, 0) is 39.0 Å². The number of hydrogen-bond acceptors (Lipinski definition) is 3. The van der Waals surface area contributed by atoms with Gasteiger partial charge in [0.05, 0.1) is 6.10 Å². The van der Waals surface area contributed by atoms with Crippen LogP contribution in [0.2, 0.25) is 0 Å². The fourth-order valence-corrected chi connectivity index (χ4v) is 6.97. The molecule has 3 saturated carbocycles. The molecule has 0 N–H and O–H groups in total. The average Bonchev–Trinajstić information content (AvgIpc) is 3.10. The molecule has 0 amide bonds. The van der Waals surface area contributed by atoms with E-state index in [9.17, 15) is 8.42 Å². The molecule has 0 aromatic heterocycles. The van der Waals surface area contributed by atoms with Crippen molar-refractivity contribution < 1.29 is 13.2 Å². The molecule has 2 unspecified atom stereocenters. The second-order valence-electron chi connectivity index (χ2n) is 7.97. The smallest absolute Gasteiger partial charge is 0.281 e. The SMILES string of the molecule is CCOC1CC(N(C)S(=O)(=O)N(C)C2CCCCC2)C12CCCC2. The molecule has 0 radical (unpaired) electrons. The molecule has 140 valence electrons. The molecule has 5 nitrogen and oxygen atoms in total. The summed E-state index contributed by atoms with van der Waals surface area (Å²) in [4.78, 5) is 0. The van der Waals surface area contributed by atoms with Crippen molar-refractivity contribution in [2.75, 3.05) is 20.7 Å². The Morgan fingerprint density at radius 1 is 1.00 bits per heavy atom. The van der Waals surface area contributed by atoms with E-state index in [0.717, 1.165) is 51.6 Å². The second-order valence-corrected chi connectivity index (χ2v) is 10.0. The molecule has 3 rings (SSSR count). The van der Waals surface area contributed by atoms with Gasteiger partial charge in [0.25, 0.3) is 10.2 Å². The first-order valence-electron chi connectivity index (χ1n) is 9.76. The Bertz CT molecular complexity index is 524. The Morgan fingerprint density at radius 3 is 2.21 bits per heavy atom. The van der Waals surface area contributed by atoms with Gasteiger partial charge in [-0.25, -0.2) is 0 Å². The third-order valence-electron chi connectivity index (χ3n) is 6.90. The van der Waals surface area contributed by atoms with Gasteiger partial charge in [-0.2, -0.15) is 17.0 Å². The number of hydrogen-bond donors (Lipinski definition) is 0. The van der Waals surface area contributed by atoms with Crippen LogP contribution in [-0.4, -0.2) is 55.9 Å². The van der Waals surface area contributed by atoms with Gasteiger partial charge in [-0.1, -0.05) is 32.1 Å². The van der Waals surface area contributed by atoms with Crippen molar-refractivity contribution in [3.63, 3.8) is 0 Å². The van der Waals surface area contributed by atoms with E-state index in [2.05, 4.69) is 0 Å². The lowest BCUT2D eigenvalue weighted by atomic mass is 9.60. The Hall–Kier alpha value is -0.170. The molecule has 1 spiro atoms. The summed E-state index contributed by atoms with van der Waals surface area (Å²) in [6, 6.07) is 0.279. The highest BCUT2D eigenvalue weighted by atomic mass is 32.2. The molecule has 6 heteroatoms. The van der Waals surface area contributed by atoms with Gasteiger partial charge in [-0.15, -0.1) is 0 Å². The number of rotatable bonds is 6. The summed E-state index contributed by atoms with van der Waals surface area (Å²) in [6.07, 6.45) is 11.2. The molecule has 24 heavy (non-hydrogen) atoms. The summed E-state index contributed by atoms with van der Waals surface area (Å²) >= 11 is 0. The van der Waals surface area contributed by atoms with Gasteiger partial charge in [-0.3, -0.25) is 0 Å². The Balaban J connectivity index is 1.73. The standard InChI is InChI=1S/C18H34N2O3S/c1-4-23-17-14-16(18(17)12-8-9-13-18)20(3)24(21,22)19(2)15-10-6-5-7-11-15/h15-17H,4-14H2,1-3H3. The lowest BCUT2D eigenvalue weighted by molar-refractivity contribution is -0.146. The van der Waals surface area contributed by atoms with E-state index in [1.165, 1.54) is 19.3 Å². The van der Waals surface area contributed by atoms with Gasteiger partial charge in [0, 0.05) is 38.2 Å². The van der Waals surface area contributed by atoms with Crippen LogP contribution in [0.5, 0.6) is 0 Å². The predicted molar refractivity (Wildman–Crippen MR) is 96.0 cm³/mol. The van der Waals surface area contributed by atoms with Crippen molar-refractivity contribution in [1.82, 2.24) is 8.61 Å². The van der Waals surface area contributed by atoms with E-state index in [0.29, 0.717) is 0 Å². The molecular formula is C18H34N2O3S. The van der Waals surface area contributed by atoms with Crippen molar-refractivity contribution in [3.05, 3.63) is 0 Å². The minimum Gasteiger partial charge on any atom is -0.378 e. The number of nitrogens with zero attached hydrogens (tertiary/aromatic N) is 2. The van der Waals surface area contributed by atoms with Crippen LogP contribution in [0, 0.1) is 5.41 Å². The van der Waals surface area contributed by atoms with Crippen LogP contribution in [0.25, 0.3) is 0 Å². The molecule has 0 saturated heterocycles. The van der Waals surface area contributed by atoms with Crippen molar-refractivity contribution >= 4 is 10.2 Å². The highest BCUT2D eigenvalue weighted by molar-refractivity contribution is 7.86. The molecular weight excluding hydrogens is 324 g/mol. The monoisotopic (exact) mass is 358 g/mol. The predicted octanol–water partition coefficient (Wildman–Crippen LogP) is 3.17. The zero-order chi connectivity index (χ0) is 17.4. The maximum absolute atomic E-state index is 13.2. The summed E-state index contributed by atoms with van der Waals surface area (Å²) in [5, 5.41) is 0. The maximum atomic E-state index is 13.2. The first-order valence-corrected chi connectivity index (χ1v) is 11.2. The maximum Gasteiger partial charge on any atom is 0.281 e. The van der Waals surface area contributed by atoms with Crippen molar-refractivity contribution in [3.8, 4) is 0 Å². The van der Waals surface area contributed by atoms with Gasteiger partial charge < -0.3 is 4.74 Å². The van der Waals surface area contributed by atoms with Crippen LogP contribution in [0.15, 0.2) is 0 Å². The summed E-state index contributed by atoms with van der Waals surface area (Å²) in [6.45, 7) is 2.75. The van der Waals surface area contributed by atoms with Gasteiger partial charge in [0.1, 0.15) is 0 Å². The Morgan fingerprint density at radius 2 is 1.62 bits per heavy atom. The molecule has 3 aliphatic carbocycles. The van der Waals surface area contributed by atoms with Crippen molar-refractivity contribution in [2.45, 2.75) is 89.3 Å². The highest BCUT2D eigenvalue weighted by Gasteiger charge is 2.60. The first kappa shape index (κ1) is 18.6. The summed E-state index contributed by atoms with van der Waals surface area (Å²) in [5.41, 5.74) is 0.0607. The van der Waals surface area contributed by atoms with E-state index in [1.807, 2.05) is 6.92 Å². The molecule has 3 aliphatic rings. The van der Waals surface area contributed by atoms with E-state index in [1.54, 1.807) is 22.7 Å². The van der Waals surface area contributed by atoms with Crippen molar-refractivity contribution in [2.24, 2.45) is 5.41 Å². The third kappa shape index (κ3) is 3.04. The molecule has 3 fully saturated rings. The Labute approximate surface area is 147 Å². The fourth-order valence-electron chi connectivity index (χ4n) is 5.36. The molecule has 0 aliphatic heterocycles. The topological polar surface area (TPSA) is 49.9 Å². The van der Waals surface area contributed by atoms with E-state index >= 15 is 0 Å². The van der Waals surface area contributed by atoms with E-state index in [-0.39, 0.29) is 23.6 Å². The normalized spacial score (nSPS) is 31.0. The zero-order valence-corrected chi connectivity index (χ0v) is 16.4. The second kappa shape index (κ2) is 7.22. The third-order valence-corrected chi connectivity index (χ3v) is 8.91. The summed E-state index contributed by atoms with van der Waals surface area (Å²) < 4.78 is 35.6. The van der Waals surface area contributed by atoms with Crippen LogP contribution < -0.4 is 0 Å². The lowest BCUT2D eigenvalue weighted by Gasteiger charge is -2.56. The summed E-state index contributed by atoms with van der Waals surface area (Å²) in [5.74, 6) is 0. The van der Waals surface area contributed by atoms with Crippen LogP contribution in [0.3, 0.4) is 0 Å². The van der Waals surface area contributed by atoms with E-state index in [4.69, 9.17) is 4.74 Å². The average molecular weight is 359 g/mol. The largest absolute Gasteiger partial charge is 0.378 e. The van der Waals surface area contributed by atoms with Crippen LogP contribution >= 0.6 is 0 Å². The van der Waals surface area contributed by atoms with E-state index < -0.39 is 10.2 Å². The number of ether oxygens (including phenoxy) is 1. The van der Waals surface area contributed by atoms with Gasteiger partial charge in [0.15, 0.2) is 0 Å². The molecule has 2 atom stereocenters. The molecule has 0 aromatic rings. The molecule has 0 heterocycles. The van der Waals surface area contributed by atoms with Crippen molar-refractivity contribution in [1.29, 1.82) is 0 Å².